The number of primary sulfonamides is 1. The number of carbonyl (C=O) groups excluding carboxylic acids is 1. The van der Waals surface area contributed by atoms with Gasteiger partial charge in [0.2, 0.25) is 15.9 Å². The summed E-state index contributed by atoms with van der Waals surface area (Å²) in [6, 6.07) is 10.6. The lowest BCUT2D eigenvalue weighted by Gasteiger charge is -2.41. The number of thiazole rings is 1. The number of nitrogens with zero attached hydrogens (tertiary/aromatic N) is 5. The number of aromatic nitrogens is 3. The molecule has 176 valence electrons. The van der Waals surface area contributed by atoms with Gasteiger partial charge in [-0.3, -0.25) is 9.69 Å². The molecule has 1 aliphatic heterocycles. The van der Waals surface area contributed by atoms with Gasteiger partial charge in [0.15, 0.2) is 9.34 Å². The third-order valence-corrected chi connectivity index (χ3v) is 9.27. The summed E-state index contributed by atoms with van der Waals surface area (Å²) in [5, 5.41) is 9.47. The first kappa shape index (κ1) is 22.8. The van der Waals surface area contributed by atoms with Gasteiger partial charge in [-0.1, -0.05) is 28.0 Å². The maximum absolute atomic E-state index is 14.0. The fourth-order valence-electron chi connectivity index (χ4n) is 3.91. The number of amides is 1. The van der Waals surface area contributed by atoms with Crippen LogP contribution in [0.5, 0.6) is 0 Å². The molecule has 1 aliphatic rings. The third-order valence-electron chi connectivity index (χ3n) is 5.71. The minimum absolute atomic E-state index is 0.0397. The number of benzene rings is 2. The molecule has 0 aliphatic carbocycles. The Hall–Kier alpha value is -3.00. The monoisotopic (exact) mass is 518 g/mol. The lowest BCUT2D eigenvalue weighted by Crippen LogP contribution is -2.54. The van der Waals surface area contributed by atoms with Crippen LogP contribution in [-0.2, 0) is 14.8 Å². The molecule has 0 radical (unpaired) electrons. The van der Waals surface area contributed by atoms with Crippen LogP contribution in [0, 0.1) is 18.7 Å². The molecule has 4 aromatic rings. The molecular weight excluding hydrogens is 499 g/mol. The predicted molar refractivity (Wildman–Crippen MR) is 130 cm³/mol. The molecule has 2 aromatic heterocycles. The number of sulfonamides is 1. The van der Waals surface area contributed by atoms with Crippen LogP contribution in [0.3, 0.4) is 0 Å². The first-order chi connectivity index (χ1) is 16.1. The number of anilines is 2. The summed E-state index contributed by atoms with van der Waals surface area (Å²) in [4.78, 5) is 20.5. The molecule has 13 heteroatoms. The average molecular weight is 519 g/mol. The topological polar surface area (TPSA) is 122 Å². The van der Waals surface area contributed by atoms with Crippen molar-refractivity contribution in [3.05, 3.63) is 47.9 Å². The van der Waals surface area contributed by atoms with Crippen LogP contribution in [0.1, 0.15) is 5.69 Å². The van der Waals surface area contributed by atoms with Crippen molar-refractivity contribution in [2.24, 2.45) is 11.1 Å². The SMILES string of the molecule is Cc1nc(N(C)C(=O)C2CN(c3ccc(-c4cc(F)cc5nnsc45)cc3)C2)sc1S(N)(=O)=O. The van der Waals surface area contributed by atoms with Crippen LogP contribution in [0.25, 0.3) is 21.3 Å². The Morgan fingerprint density at radius 1 is 1.24 bits per heavy atom. The first-order valence-corrected chi connectivity index (χ1v) is 13.3. The van der Waals surface area contributed by atoms with E-state index in [2.05, 4.69) is 19.5 Å². The summed E-state index contributed by atoms with van der Waals surface area (Å²) in [5.41, 5.74) is 3.36. The van der Waals surface area contributed by atoms with Gasteiger partial charge in [-0.15, -0.1) is 5.10 Å². The van der Waals surface area contributed by atoms with E-state index in [1.165, 1.54) is 28.6 Å². The number of carbonyl (C=O) groups is 1. The van der Waals surface area contributed by atoms with E-state index in [1.807, 2.05) is 24.3 Å². The fraction of sp³-hybridized carbons (Fsp3) is 0.238. The highest BCUT2D eigenvalue weighted by Gasteiger charge is 2.36. The summed E-state index contributed by atoms with van der Waals surface area (Å²) in [5.74, 6) is -0.737. The molecule has 34 heavy (non-hydrogen) atoms. The Balaban J connectivity index is 1.27. The molecule has 0 atom stereocenters. The second-order valence-corrected chi connectivity index (χ2v) is 11.5. The average Bonchev–Trinajstić information content (AvgIpc) is 3.38. The Bertz CT molecular complexity index is 1510. The molecule has 2 N–H and O–H groups in total. The van der Waals surface area contributed by atoms with E-state index >= 15 is 0 Å². The second-order valence-electron chi connectivity index (χ2n) is 8.03. The smallest absolute Gasteiger partial charge is 0.249 e. The molecule has 9 nitrogen and oxygen atoms in total. The zero-order valence-electron chi connectivity index (χ0n) is 18.1. The van der Waals surface area contributed by atoms with Gasteiger partial charge in [-0.05, 0) is 42.2 Å². The molecule has 0 saturated carbocycles. The van der Waals surface area contributed by atoms with Crippen molar-refractivity contribution in [3.8, 4) is 11.1 Å². The molecule has 1 amide bonds. The highest BCUT2D eigenvalue weighted by molar-refractivity contribution is 7.91. The number of fused-ring (bicyclic) bond motifs is 1. The minimum atomic E-state index is -3.88. The molecule has 5 rings (SSSR count). The van der Waals surface area contributed by atoms with Crippen LogP contribution in [-0.4, -0.2) is 49.0 Å². The van der Waals surface area contributed by atoms with Crippen molar-refractivity contribution in [2.45, 2.75) is 11.1 Å². The Morgan fingerprint density at radius 3 is 2.59 bits per heavy atom. The fourth-order valence-corrected chi connectivity index (χ4v) is 6.50. The van der Waals surface area contributed by atoms with Gasteiger partial charge >= 0.3 is 0 Å². The van der Waals surface area contributed by atoms with Crippen molar-refractivity contribution in [1.82, 2.24) is 14.6 Å². The van der Waals surface area contributed by atoms with E-state index < -0.39 is 10.0 Å². The van der Waals surface area contributed by atoms with Crippen LogP contribution in [0.4, 0.5) is 15.2 Å². The molecule has 1 fully saturated rings. The van der Waals surface area contributed by atoms with E-state index in [1.54, 1.807) is 14.0 Å². The summed E-state index contributed by atoms with van der Waals surface area (Å²) < 4.78 is 42.0. The Kier molecular flexibility index (Phi) is 5.59. The minimum Gasteiger partial charge on any atom is -0.370 e. The lowest BCUT2D eigenvalue weighted by atomic mass is 9.97. The van der Waals surface area contributed by atoms with Gasteiger partial charge in [-0.25, -0.2) is 22.9 Å². The lowest BCUT2D eigenvalue weighted by molar-refractivity contribution is -0.122. The summed E-state index contributed by atoms with van der Waals surface area (Å²) in [6.07, 6.45) is 0. The van der Waals surface area contributed by atoms with E-state index in [4.69, 9.17) is 5.14 Å². The predicted octanol–water partition coefficient (Wildman–Crippen LogP) is 3.01. The molecular formula is C21H19FN6O3S3. The maximum Gasteiger partial charge on any atom is 0.249 e. The second kappa shape index (κ2) is 8.34. The van der Waals surface area contributed by atoms with Crippen molar-refractivity contribution in [2.75, 3.05) is 29.9 Å². The van der Waals surface area contributed by atoms with E-state index in [9.17, 15) is 17.6 Å². The third kappa shape index (κ3) is 4.04. The zero-order chi connectivity index (χ0) is 24.2. The molecule has 0 spiro atoms. The van der Waals surface area contributed by atoms with E-state index in [-0.39, 0.29) is 27.5 Å². The van der Waals surface area contributed by atoms with Gasteiger partial charge in [0.05, 0.1) is 16.3 Å². The largest absolute Gasteiger partial charge is 0.370 e. The Morgan fingerprint density at radius 2 is 1.94 bits per heavy atom. The standard InChI is InChI=1S/C21H19FN6O3S3/c1-11-20(34(23,30)31)32-21(24-11)27(2)19(29)13-9-28(10-13)15-5-3-12(4-6-15)16-7-14(22)8-17-18(16)33-26-25-17/h3-8,13H,9-10H2,1-2H3,(H2,23,30,31). The van der Waals surface area contributed by atoms with Crippen molar-refractivity contribution in [1.29, 1.82) is 0 Å². The van der Waals surface area contributed by atoms with E-state index in [0.717, 1.165) is 32.9 Å². The molecule has 0 unspecified atom stereocenters. The number of hydrogen-bond donors (Lipinski definition) is 1. The van der Waals surface area contributed by atoms with Crippen molar-refractivity contribution < 1.29 is 17.6 Å². The van der Waals surface area contributed by atoms with Crippen LogP contribution in [0.2, 0.25) is 0 Å². The van der Waals surface area contributed by atoms with Gasteiger partial charge < -0.3 is 4.90 Å². The molecule has 3 heterocycles. The maximum atomic E-state index is 14.0. The number of nitrogens with two attached hydrogens (primary N) is 1. The van der Waals surface area contributed by atoms with Gasteiger partial charge in [0, 0.05) is 37.5 Å². The van der Waals surface area contributed by atoms with E-state index in [0.29, 0.717) is 23.7 Å². The normalized spacial score (nSPS) is 14.4. The number of rotatable bonds is 5. The highest BCUT2D eigenvalue weighted by atomic mass is 32.2. The zero-order valence-corrected chi connectivity index (χ0v) is 20.5. The number of halogens is 1. The number of aryl methyl sites for hydroxylation is 1. The van der Waals surface area contributed by atoms with Crippen molar-refractivity contribution in [3.63, 3.8) is 0 Å². The molecule has 0 bridgehead atoms. The van der Waals surface area contributed by atoms with Gasteiger partial charge in [0.25, 0.3) is 0 Å². The first-order valence-electron chi connectivity index (χ1n) is 10.2. The van der Waals surface area contributed by atoms with Crippen molar-refractivity contribution >= 4 is 59.8 Å². The summed E-state index contributed by atoms with van der Waals surface area (Å²) in [6.45, 7) is 2.60. The quantitative estimate of drug-likeness (QED) is 0.431. The van der Waals surface area contributed by atoms with Crippen LogP contribution >= 0.6 is 22.9 Å². The van der Waals surface area contributed by atoms with Crippen LogP contribution < -0.4 is 14.9 Å². The van der Waals surface area contributed by atoms with Gasteiger partial charge in [0.1, 0.15) is 11.3 Å². The Labute approximate surface area is 202 Å². The van der Waals surface area contributed by atoms with Gasteiger partial charge in [-0.2, -0.15) is 0 Å². The highest BCUT2D eigenvalue weighted by Crippen LogP contribution is 2.34. The number of hydrogen-bond acceptors (Lipinski definition) is 9. The summed E-state index contributed by atoms with van der Waals surface area (Å²) >= 11 is 2.11. The molecule has 1 saturated heterocycles. The summed E-state index contributed by atoms with van der Waals surface area (Å²) in [7, 11) is -2.30. The van der Waals surface area contributed by atoms with Crippen LogP contribution in [0.15, 0.2) is 40.6 Å². The molecule has 2 aromatic carbocycles.